The van der Waals surface area contributed by atoms with Crippen molar-refractivity contribution >= 4 is 33.9 Å². The number of benzene rings is 2. The molecule has 0 saturated heterocycles. The molecule has 4 N–H and O–H groups in total. The Morgan fingerprint density at radius 1 is 1.08 bits per heavy atom. The number of pyridine rings is 1. The highest BCUT2D eigenvalue weighted by molar-refractivity contribution is 7.99. The van der Waals surface area contributed by atoms with E-state index in [9.17, 15) is 0 Å². The summed E-state index contributed by atoms with van der Waals surface area (Å²) >= 11 is 1.74. The van der Waals surface area contributed by atoms with Crippen LogP contribution in [0.1, 0.15) is 12.6 Å². The van der Waals surface area contributed by atoms with E-state index in [1.54, 1.807) is 11.8 Å². The molecule has 0 saturated carbocycles. The molecule has 1 aromatic heterocycles. The largest absolute Gasteiger partial charge is 0.399 e. The molecule has 1 aliphatic heterocycles. The number of nitrogens with one attached hydrogen (secondary N) is 2. The van der Waals surface area contributed by atoms with Gasteiger partial charge in [-0.2, -0.15) is 0 Å². The molecule has 3 aromatic rings. The van der Waals surface area contributed by atoms with Gasteiger partial charge in [0.15, 0.2) is 0 Å². The van der Waals surface area contributed by atoms with Gasteiger partial charge < -0.3 is 11.2 Å². The van der Waals surface area contributed by atoms with Gasteiger partial charge in [0.1, 0.15) is 0 Å². The van der Waals surface area contributed by atoms with E-state index < -0.39 is 0 Å². The lowest BCUT2D eigenvalue weighted by Crippen LogP contribution is -2.22. The van der Waals surface area contributed by atoms with E-state index in [-0.39, 0.29) is 0 Å². The molecule has 1 aliphatic rings. The van der Waals surface area contributed by atoms with Gasteiger partial charge in [-0.3, -0.25) is 0 Å². The minimum atomic E-state index is 0.781. The smallest absolute Gasteiger partial charge is 0.0720 e. The summed E-state index contributed by atoms with van der Waals surface area (Å²) in [6.45, 7) is 2.85. The fraction of sp³-hybridized carbons (Fsp3) is 0.105. The lowest BCUT2D eigenvalue weighted by atomic mass is 10.1. The van der Waals surface area contributed by atoms with Crippen LogP contribution in [0, 0.1) is 0 Å². The number of para-hydroxylation sites is 1. The summed E-state index contributed by atoms with van der Waals surface area (Å²) in [6, 6.07) is 18.4. The van der Waals surface area contributed by atoms with Crippen LogP contribution in [0.3, 0.4) is 0 Å². The van der Waals surface area contributed by atoms with Gasteiger partial charge in [-0.25, -0.2) is 10.4 Å². The number of aromatic nitrogens is 1. The maximum atomic E-state index is 5.79. The standard InChI is InChI=1S/C19H18N4S/c1-12-16(11-21-23-12)18-10-19(15-4-2-3-5-17(15)22-18)24-14-8-6-13(20)7-9-14/h2-10,21,23H,11,20H2,1H3. The fourth-order valence-corrected chi connectivity index (χ4v) is 3.78. The van der Waals surface area contributed by atoms with Crippen LogP contribution in [0.25, 0.3) is 16.5 Å². The normalized spacial score (nSPS) is 14.2. The maximum Gasteiger partial charge on any atom is 0.0720 e. The molecule has 0 spiro atoms. The van der Waals surface area contributed by atoms with E-state index in [4.69, 9.17) is 10.7 Å². The third-order valence-electron chi connectivity index (χ3n) is 4.09. The quantitative estimate of drug-likeness (QED) is 0.636. The zero-order valence-electron chi connectivity index (χ0n) is 13.3. The number of hydrogen-bond donors (Lipinski definition) is 3. The third-order valence-corrected chi connectivity index (χ3v) is 5.15. The summed E-state index contributed by atoms with van der Waals surface area (Å²) < 4.78 is 0. The van der Waals surface area contributed by atoms with Crippen LogP contribution in [-0.4, -0.2) is 11.5 Å². The van der Waals surface area contributed by atoms with Crippen molar-refractivity contribution < 1.29 is 0 Å². The second kappa shape index (κ2) is 6.19. The van der Waals surface area contributed by atoms with Crippen molar-refractivity contribution in [2.45, 2.75) is 16.7 Å². The number of rotatable bonds is 3. The molecule has 0 fully saturated rings. The molecule has 0 atom stereocenters. The molecule has 0 aliphatic carbocycles. The maximum absolute atomic E-state index is 5.79. The summed E-state index contributed by atoms with van der Waals surface area (Å²) in [4.78, 5) is 7.22. The van der Waals surface area contributed by atoms with Crippen LogP contribution in [0.15, 0.2) is 70.1 Å². The van der Waals surface area contributed by atoms with Gasteiger partial charge in [-0.05, 0) is 43.3 Å². The van der Waals surface area contributed by atoms with E-state index in [0.29, 0.717) is 0 Å². The van der Waals surface area contributed by atoms with Crippen LogP contribution in [0.2, 0.25) is 0 Å². The molecule has 5 heteroatoms. The zero-order chi connectivity index (χ0) is 16.5. The topological polar surface area (TPSA) is 63.0 Å². The van der Waals surface area contributed by atoms with Crippen LogP contribution < -0.4 is 16.6 Å². The van der Waals surface area contributed by atoms with Crippen molar-refractivity contribution in [2.24, 2.45) is 0 Å². The Morgan fingerprint density at radius 2 is 1.88 bits per heavy atom. The molecule has 0 radical (unpaired) electrons. The third kappa shape index (κ3) is 2.84. The van der Waals surface area contributed by atoms with Crippen molar-refractivity contribution in [3.8, 4) is 0 Å². The fourth-order valence-electron chi connectivity index (χ4n) is 2.80. The lowest BCUT2D eigenvalue weighted by molar-refractivity contribution is 0.701. The van der Waals surface area contributed by atoms with Crippen LogP contribution in [0.4, 0.5) is 5.69 Å². The van der Waals surface area contributed by atoms with E-state index in [0.717, 1.165) is 29.1 Å². The Bertz CT molecular complexity index is 932. The minimum Gasteiger partial charge on any atom is -0.399 e. The van der Waals surface area contributed by atoms with Gasteiger partial charge in [0.2, 0.25) is 0 Å². The number of anilines is 1. The van der Waals surface area contributed by atoms with Gasteiger partial charge in [-0.1, -0.05) is 30.0 Å². The van der Waals surface area contributed by atoms with Gasteiger partial charge in [0.05, 0.1) is 11.2 Å². The first-order chi connectivity index (χ1) is 11.7. The molecular formula is C19H18N4S. The zero-order valence-corrected chi connectivity index (χ0v) is 14.2. The first kappa shape index (κ1) is 15.1. The van der Waals surface area contributed by atoms with E-state index in [1.165, 1.54) is 20.8 Å². The van der Waals surface area contributed by atoms with Crippen molar-refractivity contribution in [1.29, 1.82) is 0 Å². The van der Waals surface area contributed by atoms with Gasteiger partial charge >= 0.3 is 0 Å². The summed E-state index contributed by atoms with van der Waals surface area (Å²) in [5, 5.41) is 1.17. The lowest BCUT2D eigenvalue weighted by Gasteiger charge is -2.10. The number of nitrogens with two attached hydrogens (primary N) is 1. The Labute approximate surface area is 145 Å². The van der Waals surface area contributed by atoms with Crippen LogP contribution >= 0.6 is 11.8 Å². The van der Waals surface area contributed by atoms with Crippen molar-refractivity contribution in [2.75, 3.05) is 12.3 Å². The first-order valence-corrected chi connectivity index (χ1v) is 8.64. The number of nitrogen functional groups attached to an aromatic ring is 1. The van der Waals surface area contributed by atoms with Gasteiger partial charge in [-0.15, -0.1) is 0 Å². The molecule has 0 bridgehead atoms. The number of hydrazine groups is 1. The first-order valence-electron chi connectivity index (χ1n) is 7.83. The number of nitrogens with zero attached hydrogens (tertiary/aromatic N) is 1. The Hall–Kier alpha value is -2.50. The monoisotopic (exact) mass is 334 g/mol. The number of allylic oxidation sites excluding steroid dienone is 1. The molecule has 2 heterocycles. The second-order valence-corrected chi connectivity index (χ2v) is 6.89. The van der Waals surface area contributed by atoms with Crippen molar-refractivity contribution in [3.63, 3.8) is 0 Å². The highest BCUT2D eigenvalue weighted by Gasteiger charge is 2.16. The molecule has 4 rings (SSSR count). The Morgan fingerprint density at radius 3 is 2.62 bits per heavy atom. The van der Waals surface area contributed by atoms with E-state index >= 15 is 0 Å². The second-order valence-electron chi connectivity index (χ2n) is 5.78. The van der Waals surface area contributed by atoms with Gasteiger partial charge in [0, 0.05) is 38.7 Å². The minimum absolute atomic E-state index is 0.781. The molecule has 0 amide bonds. The molecule has 120 valence electrons. The van der Waals surface area contributed by atoms with Crippen LogP contribution in [-0.2, 0) is 0 Å². The average Bonchev–Trinajstić information content (AvgIpc) is 3.03. The predicted molar refractivity (Wildman–Crippen MR) is 100 cm³/mol. The number of fused-ring (bicyclic) bond motifs is 1. The van der Waals surface area contributed by atoms with Gasteiger partial charge in [0.25, 0.3) is 0 Å². The highest BCUT2D eigenvalue weighted by atomic mass is 32.2. The van der Waals surface area contributed by atoms with E-state index in [1.807, 2.05) is 18.2 Å². The van der Waals surface area contributed by atoms with Crippen LogP contribution in [0.5, 0.6) is 0 Å². The summed E-state index contributed by atoms with van der Waals surface area (Å²) in [7, 11) is 0. The molecule has 0 unspecified atom stereocenters. The molecular weight excluding hydrogens is 316 g/mol. The molecule has 4 nitrogen and oxygen atoms in total. The summed E-state index contributed by atoms with van der Waals surface area (Å²) in [5.41, 5.74) is 17.3. The van der Waals surface area contributed by atoms with E-state index in [2.05, 4.69) is 54.2 Å². The SMILES string of the molecule is CC1=C(c2cc(Sc3ccc(N)cc3)c3ccccc3n2)CNN1. The summed E-state index contributed by atoms with van der Waals surface area (Å²) in [5.74, 6) is 0. The number of hydrogen-bond acceptors (Lipinski definition) is 5. The van der Waals surface area contributed by atoms with Crippen molar-refractivity contribution in [3.05, 3.63) is 66.0 Å². The highest BCUT2D eigenvalue weighted by Crippen LogP contribution is 2.35. The van der Waals surface area contributed by atoms with Crippen molar-refractivity contribution in [1.82, 2.24) is 15.8 Å². The Kier molecular flexibility index (Phi) is 3.88. The predicted octanol–water partition coefficient (Wildman–Crippen LogP) is 3.81. The molecule has 24 heavy (non-hydrogen) atoms. The molecule has 2 aromatic carbocycles. The summed E-state index contributed by atoms with van der Waals surface area (Å²) in [6.07, 6.45) is 0. The average molecular weight is 334 g/mol. The Balaban J connectivity index is 1.83.